The summed E-state index contributed by atoms with van der Waals surface area (Å²) in [5.74, 6) is -1.04. The molecule has 0 unspecified atom stereocenters. The van der Waals surface area contributed by atoms with E-state index >= 15 is 0 Å². The largest absolute Gasteiger partial charge is 0.373 e. The van der Waals surface area contributed by atoms with Gasteiger partial charge in [-0.15, -0.1) is 11.6 Å². The first kappa shape index (κ1) is 15.3. The van der Waals surface area contributed by atoms with Crippen LogP contribution in [0.3, 0.4) is 0 Å². The van der Waals surface area contributed by atoms with E-state index in [2.05, 4.69) is 0 Å². The van der Waals surface area contributed by atoms with Crippen molar-refractivity contribution in [3.05, 3.63) is 0 Å². The summed E-state index contributed by atoms with van der Waals surface area (Å²) >= 11 is 5.63. The Balaban J connectivity index is 4.26. The second-order valence-electron chi connectivity index (χ2n) is 2.72. The van der Waals surface area contributed by atoms with Crippen LogP contribution in [-0.4, -0.2) is 47.7 Å². The molecule has 0 heterocycles. The standard InChI is InChI=1S/C9H21ClO4Si/c1-4-11-7-9(12-5-2,13-6-3)14-15-8-10/h4-8,15H2,1-3H3. The highest BCUT2D eigenvalue weighted by Gasteiger charge is 2.32. The molecular formula is C9H21ClO4Si. The van der Waals surface area contributed by atoms with Gasteiger partial charge in [0.25, 0.3) is 5.97 Å². The highest BCUT2D eigenvalue weighted by atomic mass is 35.5. The Morgan fingerprint density at radius 1 is 1.07 bits per heavy atom. The van der Waals surface area contributed by atoms with Gasteiger partial charge in [0.15, 0.2) is 9.76 Å². The fourth-order valence-electron chi connectivity index (χ4n) is 1.11. The third kappa shape index (κ3) is 6.50. The van der Waals surface area contributed by atoms with Crippen LogP contribution in [0.5, 0.6) is 0 Å². The van der Waals surface area contributed by atoms with E-state index in [0.717, 1.165) is 0 Å². The van der Waals surface area contributed by atoms with E-state index in [1.807, 2.05) is 20.8 Å². The maximum atomic E-state index is 5.63. The van der Waals surface area contributed by atoms with Crippen LogP contribution in [0.4, 0.5) is 0 Å². The molecule has 0 saturated carbocycles. The van der Waals surface area contributed by atoms with Gasteiger partial charge in [-0.1, -0.05) is 0 Å². The SMILES string of the molecule is CCOCC(OCC)(OCC)O[SiH2]CCl. The van der Waals surface area contributed by atoms with Crippen LogP contribution < -0.4 is 0 Å². The Morgan fingerprint density at radius 2 is 1.67 bits per heavy atom. The second-order valence-corrected chi connectivity index (χ2v) is 4.93. The molecule has 92 valence electrons. The quantitative estimate of drug-likeness (QED) is 0.333. The molecular weight excluding hydrogens is 236 g/mol. The first-order chi connectivity index (χ1) is 7.24. The molecule has 0 aromatic heterocycles. The van der Waals surface area contributed by atoms with Gasteiger partial charge in [-0.2, -0.15) is 0 Å². The van der Waals surface area contributed by atoms with Crippen molar-refractivity contribution in [1.82, 2.24) is 0 Å². The zero-order valence-corrected chi connectivity index (χ0v) is 11.9. The van der Waals surface area contributed by atoms with Gasteiger partial charge in [0, 0.05) is 25.3 Å². The topological polar surface area (TPSA) is 36.9 Å². The number of rotatable bonds is 10. The lowest BCUT2D eigenvalue weighted by atomic mass is 10.5. The average molecular weight is 257 g/mol. The van der Waals surface area contributed by atoms with Gasteiger partial charge in [-0.25, -0.2) is 0 Å². The molecule has 0 aliphatic carbocycles. The Labute approximate surface area is 99.1 Å². The number of hydrogen-bond acceptors (Lipinski definition) is 4. The fourth-order valence-corrected chi connectivity index (χ4v) is 1.98. The van der Waals surface area contributed by atoms with Crippen LogP contribution >= 0.6 is 11.6 Å². The van der Waals surface area contributed by atoms with Crippen LogP contribution in [0, 0.1) is 0 Å². The molecule has 0 fully saturated rings. The third-order valence-electron chi connectivity index (χ3n) is 1.61. The minimum Gasteiger partial charge on any atom is -0.373 e. The van der Waals surface area contributed by atoms with Crippen LogP contribution in [0.15, 0.2) is 0 Å². The summed E-state index contributed by atoms with van der Waals surface area (Å²) in [6.45, 7) is 7.63. The van der Waals surface area contributed by atoms with Crippen LogP contribution in [0.25, 0.3) is 0 Å². The summed E-state index contributed by atoms with van der Waals surface area (Å²) in [7, 11) is -0.816. The summed E-state index contributed by atoms with van der Waals surface area (Å²) in [4.78, 5) is 0. The molecule has 0 aromatic carbocycles. The molecule has 6 heteroatoms. The smallest absolute Gasteiger partial charge is 0.297 e. The van der Waals surface area contributed by atoms with E-state index in [-0.39, 0.29) is 6.61 Å². The van der Waals surface area contributed by atoms with Gasteiger partial charge in [-0.05, 0) is 20.8 Å². The molecule has 0 N–H and O–H groups in total. The summed E-state index contributed by atoms with van der Waals surface area (Å²) in [6.07, 6.45) is 0. The van der Waals surface area contributed by atoms with Crippen molar-refractivity contribution >= 4 is 21.4 Å². The maximum Gasteiger partial charge on any atom is 0.297 e. The van der Waals surface area contributed by atoms with E-state index < -0.39 is 15.7 Å². The predicted molar refractivity (Wildman–Crippen MR) is 62.8 cm³/mol. The zero-order valence-electron chi connectivity index (χ0n) is 9.75. The average Bonchev–Trinajstić information content (AvgIpc) is 2.24. The third-order valence-corrected chi connectivity index (χ3v) is 2.87. The molecule has 0 radical (unpaired) electrons. The fraction of sp³-hybridized carbons (Fsp3) is 1.00. The Hall–Kier alpha value is 0.347. The second kappa shape index (κ2) is 9.56. The Bertz CT molecular complexity index is 132. The Kier molecular flexibility index (Phi) is 9.79. The van der Waals surface area contributed by atoms with E-state index in [4.69, 9.17) is 30.2 Å². The molecule has 0 saturated heterocycles. The van der Waals surface area contributed by atoms with Crippen LogP contribution in [-0.2, 0) is 18.6 Å². The molecule has 0 atom stereocenters. The van der Waals surface area contributed by atoms with Crippen LogP contribution in [0.1, 0.15) is 20.8 Å². The van der Waals surface area contributed by atoms with Crippen molar-refractivity contribution in [3.63, 3.8) is 0 Å². The van der Waals surface area contributed by atoms with Crippen LogP contribution in [0.2, 0.25) is 0 Å². The van der Waals surface area contributed by atoms with Crippen molar-refractivity contribution < 1.29 is 18.6 Å². The van der Waals surface area contributed by atoms with Crippen molar-refractivity contribution in [2.75, 3.05) is 31.9 Å². The number of hydrogen-bond donors (Lipinski definition) is 0. The highest BCUT2D eigenvalue weighted by molar-refractivity contribution is 6.45. The molecule has 4 nitrogen and oxygen atoms in total. The normalized spacial score (nSPS) is 12.8. The van der Waals surface area contributed by atoms with Crippen molar-refractivity contribution in [2.45, 2.75) is 26.7 Å². The van der Waals surface area contributed by atoms with Gasteiger partial charge in [0.05, 0.1) is 0 Å². The molecule has 0 aliphatic rings. The first-order valence-corrected chi connectivity index (χ1v) is 7.41. The molecule has 0 aromatic rings. The monoisotopic (exact) mass is 256 g/mol. The number of halogens is 1. The lowest BCUT2D eigenvalue weighted by Crippen LogP contribution is -2.45. The van der Waals surface area contributed by atoms with E-state index in [9.17, 15) is 0 Å². The summed E-state index contributed by atoms with van der Waals surface area (Å²) in [6, 6.07) is 0. The Morgan fingerprint density at radius 3 is 2.07 bits per heavy atom. The van der Waals surface area contributed by atoms with E-state index in [1.54, 1.807) is 0 Å². The lowest BCUT2D eigenvalue weighted by molar-refractivity contribution is -0.358. The molecule has 0 rings (SSSR count). The predicted octanol–water partition coefficient (Wildman–Crippen LogP) is 1.05. The van der Waals surface area contributed by atoms with Gasteiger partial charge in [-0.3, -0.25) is 0 Å². The maximum absolute atomic E-state index is 5.63. The zero-order chi connectivity index (χ0) is 11.6. The van der Waals surface area contributed by atoms with Gasteiger partial charge in [0.2, 0.25) is 0 Å². The van der Waals surface area contributed by atoms with Crippen molar-refractivity contribution in [2.24, 2.45) is 0 Å². The van der Waals surface area contributed by atoms with E-state index in [1.165, 1.54) is 0 Å². The van der Waals surface area contributed by atoms with Gasteiger partial charge in [0.1, 0.15) is 6.61 Å². The molecule has 15 heavy (non-hydrogen) atoms. The highest BCUT2D eigenvalue weighted by Crippen LogP contribution is 2.15. The first-order valence-electron chi connectivity index (χ1n) is 5.30. The summed E-state index contributed by atoms with van der Waals surface area (Å²) in [5, 5.41) is 0. The molecule has 0 aliphatic heterocycles. The molecule has 0 bridgehead atoms. The van der Waals surface area contributed by atoms with E-state index in [0.29, 0.717) is 25.3 Å². The van der Waals surface area contributed by atoms with Crippen molar-refractivity contribution in [1.29, 1.82) is 0 Å². The summed E-state index contributed by atoms with van der Waals surface area (Å²) in [5.41, 5.74) is 0.536. The number of alkyl halides is 1. The summed E-state index contributed by atoms with van der Waals surface area (Å²) < 4.78 is 21.9. The minimum absolute atomic E-state index is 0.287. The van der Waals surface area contributed by atoms with Gasteiger partial charge >= 0.3 is 0 Å². The lowest BCUT2D eigenvalue weighted by Gasteiger charge is -2.32. The van der Waals surface area contributed by atoms with Gasteiger partial charge < -0.3 is 18.6 Å². The van der Waals surface area contributed by atoms with Crippen molar-refractivity contribution in [3.8, 4) is 0 Å². The molecule has 0 amide bonds. The number of ether oxygens (including phenoxy) is 3. The molecule has 0 spiro atoms. The minimum atomic E-state index is -1.04.